The highest BCUT2D eigenvalue weighted by atomic mass is 19.3. The molecule has 0 aromatic carbocycles. The molecule has 5 heteroatoms. The van der Waals surface area contributed by atoms with E-state index in [0.29, 0.717) is 13.0 Å². The van der Waals surface area contributed by atoms with Gasteiger partial charge in [0.15, 0.2) is 0 Å². The quantitative estimate of drug-likeness (QED) is 0.601. The number of aliphatic hydroxyl groups is 1. The third-order valence-corrected chi connectivity index (χ3v) is 3.07. The standard InChI is InChI=1S/C8H12BF2NO/c9-6-1-7(5-13)3-8(10,11)4-12(7)2-6/h6,13H,1-5H2. The van der Waals surface area contributed by atoms with Crippen molar-refractivity contribution >= 4 is 7.85 Å². The van der Waals surface area contributed by atoms with Gasteiger partial charge in [0.1, 0.15) is 0 Å². The van der Waals surface area contributed by atoms with Crippen molar-refractivity contribution in [1.29, 1.82) is 0 Å². The van der Waals surface area contributed by atoms with Gasteiger partial charge >= 0.3 is 0 Å². The zero-order valence-electron chi connectivity index (χ0n) is 7.34. The van der Waals surface area contributed by atoms with Crippen molar-refractivity contribution in [2.75, 3.05) is 19.7 Å². The Hall–Kier alpha value is -0.155. The fraction of sp³-hybridized carbons (Fsp3) is 1.00. The Morgan fingerprint density at radius 1 is 1.54 bits per heavy atom. The van der Waals surface area contributed by atoms with Crippen LogP contribution in [0.5, 0.6) is 0 Å². The third-order valence-electron chi connectivity index (χ3n) is 3.07. The Bertz CT molecular complexity index is 226. The lowest BCUT2D eigenvalue weighted by atomic mass is 9.80. The summed E-state index contributed by atoms with van der Waals surface area (Å²) < 4.78 is 26.1. The van der Waals surface area contributed by atoms with Gasteiger partial charge in [-0.15, -0.1) is 0 Å². The van der Waals surface area contributed by atoms with Crippen molar-refractivity contribution in [2.45, 2.75) is 30.1 Å². The van der Waals surface area contributed by atoms with Crippen LogP contribution in [0.15, 0.2) is 0 Å². The van der Waals surface area contributed by atoms with Gasteiger partial charge in [0.25, 0.3) is 5.92 Å². The van der Waals surface area contributed by atoms with Crippen LogP contribution < -0.4 is 0 Å². The van der Waals surface area contributed by atoms with E-state index < -0.39 is 11.5 Å². The largest absolute Gasteiger partial charge is 0.394 e. The summed E-state index contributed by atoms with van der Waals surface area (Å²) >= 11 is 0. The predicted octanol–water partition coefficient (Wildman–Crippen LogP) is 0.419. The maximum absolute atomic E-state index is 13.0. The maximum Gasteiger partial charge on any atom is 0.262 e. The highest BCUT2D eigenvalue weighted by Crippen LogP contribution is 2.48. The first-order valence-electron chi connectivity index (χ1n) is 4.47. The number of nitrogens with zero attached hydrogens (tertiary/aromatic N) is 1. The van der Waals surface area contributed by atoms with Crippen LogP contribution in [-0.4, -0.2) is 49.0 Å². The molecule has 2 rings (SSSR count). The number of aliphatic hydroxyl groups excluding tert-OH is 1. The second-order valence-electron chi connectivity index (χ2n) is 4.26. The highest BCUT2D eigenvalue weighted by Gasteiger charge is 2.57. The van der Waals surface area contributed by atoms with Crippen LogP contribution in [0.25, 0.3) is 0 Å². The molecular weight excluding hydrogens is 175 g/mol. The minimum Gasteiger partial charge on any atom is -0.394 e. The molecule has 0 saturated carbocycles. The molecule has 1 N–H and O–H groups in total. The monoisotopic (exact) mass is 187 g/mol. The van der Waals surface area contributed by atoms with E-state index in [-0.39, 0.29) is 25.4 Å². The minimum atomic E-state index is -2.65. The third kappa shape index (κ3) is 1.38. The molecule has 2 aliphatic heterocycles. The molecule has 13 heavy (non-hydrogen) atoms. The van der Waals surface area contributed by atoms with Crippen molar-refractivity contribution in [2.24, 2.45) is 0 Å². The van der Waals surface area contributed by atoms with Crippen LogP contribution >= 0.6 is 0 Å². The minimum absolute atomic E-state index is 0.0664. The van der Waals surface area contributed by atoms with Gasteiger partial charge in [-0.3, -0.25) is 4.90 Å². The van der Waals surface area contributed by atoms with Crippen LogP contribution in [0.2, 0.25) is 5.82 Å². The van der Waals surface area contributed by atoms with Gasteiger partial charge in [0.05, 0.1) is 21.0 Å². The van der Waals surface area contributed by atoms with Gasteiger partial charge in [-0.2, -0.15) is 0 Å². The molecule has 0 bridgehead atoms. The summed E-state index contributed by atoms with van der Waals surface area (Å²) in [6.07, 6.45) is 0.239. The molecule has 0 aliphatic carbocycles. The molecular formula is C8H12BF2NO. The van der Waals surface area contributed by atoms with E-state index in [0.717, 1.165) is 0 Å². The van der Waals surface area contributed by atoms with E-state index in [9.17, 15) is 8.78 Å². The number of rotatable bonds is 1. The number of halogens is 2. The number of hydrogen-bond acceptors (Lipinski definition) is 2. The topological polar surface area (TPSA) is 23.5 Å². The summed E-state index contributed by atoms with van der Waals surface area (Å²) in [5.41, 5.74) is -0.733. The van der Waals surface area contributed by atoms with E-state index in [1.54, 1.807) is 4.90 Å². The SMILES string of the molecule is [B]C1CN2CC(F)(F)CC2(CO)C1. The molecule has 0 aromatic rings. The van der Waals surface area contributed by atoms with E-state index in [2.05, 4.69) is 0 Å². The normalized spacial score (nSPS) is 43.8. The Kier molecular flexibility index (Phi) is 1.93. The van der Waals surface area contributed by atoms with Crippen LogP contribution in [0.4, 0.5) is 8.78 Å². The van der Waals surface area contributed by atoms with Gasteiger partial charge in [0.2, 0.25) is 0 Å². The van der Waals surface area contributed by atoms with E-state index in [4.69, 9.17) is 13.0 Å². The first-order valence-corrected chi connectivity index (χ1v) is 4.47. The molecule has 2 atom stereocenters. The molecule has 2 fully saturated rings. The fourth-order valence-corrected chi connectivity index (χ4v) is 2.61. The first-order chi connectivity index (χ1) is 5.97. The Balaban J connectivity index is 2.20. The lowest BCUT2D eigenvalue weighted by Crippen LogP contribution is -2.41. The molecule has 0 spiro atoms. The smallest absolute Gasteiger partial charge is 0.262 e. The van der Waals surface area contributed by atoms with Gasteiger partial charge in [-0.25, -0.2) is 8.78 Å². The summed E-state index contributed by atoms with van der Waals surface area (Å²) in [7, 11) is 5.68. The number of fused-ring (bicyclic) bond motifs is 1. The summed E-state index contributed by atoms with van der Waals surface area (Å²) in [4.78, 5) is 1.64. The molecule has 2 saturated heterocycles. The summed E-state index contributed by atoms with van der Waals surface area (Å²) in [5.74, 6) is -2.72. The molecule has 2 unspecified atom stereocenters. The first kappa shape index (κ1) is 9.40. The van der Waals surface area contributed by atoms with Gasteiger partial charge in [-0.05, 0) is 13.0 Å². The number of hydrogen-bond donors (Lipinski definition) is 1. The molecule has 2 heterocycles. The van der Waals surface area contributed by atoms with Crippen molar-refractivity contribution in [3.8, 4) is 0 Å². The number of alkyl halides is 2. The van der Waals surface area contributed by atoms with Crippen molar-refractivity contribution in [3.63, 3.8) is 0 Å². The lowest BCUT2D eigenvalue weighted by molar-refractivity contribution is 0.00772. The second-order valence-corrected chi connectivity index (χ2v) is 4.26. The lowest BCUT2D eigenvalue weighted by Gasteiger charge is -2.28. The molecule has 0 aromatic heterocycles. The van der Waals surface area contributed by atoms with E-state index in [1.807, 2.05) is 0 Å². The van der Waals surface area contributed by atoms with Crippen molar-refractivity contribution in [3.05, 3.63) is 0 Å². The van der Waals surface area contributed by atoms with Crippen molar-refractivity contribution < 1.29 is 13.9 Å². The predicted molar refractivity (Wildman–Crippen MR) is 45.1 cm³/mol. The van der Waals surface area contributed by atoms with Gasteiger partial charge < -0.3 is 5.11 Å². The van der Waals surface area contributed by atoms with Gasteiger partial charge in [0, 0.05) is 12.0 Å². The maximum atomic E-state index is 13.0. The average Bonchev–Trinajstić information content (AvgIpc) is 2.36. The second kappa shape index (κ2) is 2.67. The molecule has 0 amide bonds. The summed E-state index contributed by atoms with van der Waals surface area (Å²) in [6, 6.07) is 0. The molecule has 2 nitrogen and oxygen atoms in total. The van der Waals surface area contributed by atoms with E-state index >= 15 is 0 Å². The summed E-state index contributed by atoms with van der Waals surface area (Å²) in [6.45, 7) is 0.0215. The van der Waals surface area contributed by atoms with E-state index in [1.165, 1.54) is 0 Å². The van der Waals surface area contributed by atoms with Crippen molar-refractivity contribution in [1.82, 2.24) is 4.90 Å². The fourth-order valence-electron chi connectivity index (χ4n) is 2.61. The zero-order valence-corrected chi connectivity index (χ0v) is 7.34. The zero-order chi connectivity index (χ0) is 9.69. The Morgan fingerprint density at radius 3 is 2.77 bits per heavy atom. The van der Waals surface area contributed by atoms with Crippen LogP contribution in [-0.2, 0) is 0 Å². The van der Waals surface area contributed by atoms with Gasteiger partial charge in [-0.1, -0.05) is 5.82 Å². The molecule has 72 valence electrons. The Labute approximate surface area is 77.3 Å². The molecule has 2 radical (unpaired) electrons. The van der Waals surface area contributed by atoms with Crippen LogP contribution in [0.3, 0.4) is 0 Å². The summed E-state index contributed by atoms with van der Waals surface area (Å²) in [5, 5.41) is 9.15. The Morgan fingerprint density at radius 2 is 2.23 bits per heavy atom. The highest BCUT2D eigenvalue weighted by molar-refractivity contribution is 6.12. The molecule has 2 aliphatic rings. The van der Waals surface area contributed by atoms with Crippen LogP contribution in [0.1, 0.15) is 12.8 Å². The van der Waals surface area contributed by atoms with Crippen LogP contribution in [0, 0.1) is 0 Å². The average molecular weight is 187 g/mol.